The van der Waals surface area contributed by atoms with Crippen LogP contribution in [0.3, 0.4) is 0 Å². The molecule has 124 valence electrons. The van der Waals surface area contributed by atoms with Crippen molar-refractivity contribution in [2.24, 2.45) is 7.05 Å². The van der Waals surface area contributed by atoms with Gasteiger partial charge in [0.2, 0.25) is 0 Å². The SMILES string of the molecule is Cc1ncc([N+](=O)[O-])n1-c1c(O)ccc2c1c(C(=O)O)c(C)n2C. The molecule has 0 saturated heterocycles. The number of nitro groups is 1. The second-order valence-corrected chi connectivity index (χ2v) is 5.41. The Morgan fingerprint density at radius 2 is 2.00 bits per heavy atom. The Hall–Kier alpha value is -3.36. The highest BCUT2D eigenvalue weighted by atomic mass is 16.6. The molecule has 3 rings (SSSR count). The lowest BCUT2D eigenvalue weighted by Gasteiger charge is -2.08. The standard InChI is InChI=1S/C15H14N4O5/c1-7-12(15(21)22)13-9(17(7)3)4-5-10(20)14(13)18-8(2)16-6-11(18)19(23)24/h4-6,20H,1-3H3,(H,21,22). The number of nitrogens with zero attached hydrogens (tertiary/aromatic N) is 4. The zero-order valence-electron chi connectivity index (χ0n) is 13.1. The molecule has 2 N–H and O–H groups in total. The van der Waals surface area contributed by atoms with Gasteiger partial charge in [0.05, 0.1) is 16.5 Å². The van der Waals surface area contributed by atoms with Crippen molar-refractivity contribution in [3.8, 4) is 11.4 Å². The Kier molecular flexibility index (Phi) is 3.29. The van der Waals surface area contributed by atoms with Gasteiger partial charge in [-0.25, -0.2) is 9.78 Å². The molecule has 0 amide bonds. The number of benzene rings is 1. The number of phenols is 1. The number of rotatable bonds is 3. The summed E-state index contributed by atoms with van der Waals surface area (Å²) >= 11 is 0. The van der Waals surface area contributed by atoms with Gasteiger partial charge in [-0.2, -0.15) is 4.57 Å². The first-order valence-corrected chi connectivity index (χ1v) is 6.99. The van der Waals surface area contributed by atoms with Crippen molar-refractivity contribution in [2.75, 3.05) is 0 Å². The average molecular weight is 330 g/mol. The van der Waals surface area contributed by atoms with E-state index < -0.39 is 10.9 Å². The summed E-state index contributed by atoms with van der Waals surface area (Å²) in [6.45, 7) is 3.18. The number of aromatic nitrogens is 3. The highest BCUT2D eigenvalue weighted by Gasteiger charge is 2.30. The third-order valence-electron chi connectivity index (χ3n) is 4.16. The van der Waals surface area contributed by atoms with Crippen LogP contribution >= 0.6 is 0 Å². The fourth-order valence-corrected chi connectivity index (χ4v) is 2.95. The van der Waals surface area contributed by atoms with Gasteiger partial charge in [-0.3, -0.25) is 0 Å². The van der Waals surface area contributed by atoms with Crippen molar-refractivity contribution in [1.29, 1.82) is 0 Å². The van der Waals surface area contributed by atoms with Crippen molar-refractivity contribution >= 4 is 22.7 Å². The van der Waals surface area contributed by atoms with Crippen LogP contribution in [0.5, 0.6) is 5.75 Å². The molecule has 1 aromatic carbocycles. The number of carbonyl (C=O) groups is 1. The van der Waals surface area contributed by atoms with Crippen LogP contribution in [0.1, 0.15) is 21.9 Å². The molecular formula is C15H14N4O5. The summed E-state index contributed by atoms with van der Waals surface area (Å²) in [6.07, 6.45) is 1.07. The fourth-order valence-electron chi connectivity index (χ4n) is 2.95. The van der Waals surface area contributed by atoms with E-state index in [9.17, 15) is 25.1 Å². The molecule has 0 atom stereocenters. The number of aromatic carboxylic acids is 1. The molecule has 3 aromatic rings. The summed E-state index contributed by atoms with van der Waals surface area (Å²) in [5, 5.41) is 31.4. The highest BCUT2D eigenvalue weighted by molar-refractivity contribution is 6.09. The lowest BCUT2D eigenvalue weighted by molar-refractivity contribution is -0.391. The maximum absolute atomic E-state index is 11.7. The smallest absolute Gasteiger partial charge is 0.348 e. The van der Waals surface area contributed by atoms with Crippen LogP contribution in [-0.4, -0.2) is 35.2 Å². The summed E-state index contributed by atoms with van der Waals surface area (Å²) in [5.74, 6) is -1.53. The van der Waals surface area contributed by atoms with Crippen LogP contribution < -0.4 is 0 Å². The Morgan fingerprint density at radius 1 is 1.33 bits per heavy atom. The first kappa shape index (κ1) is 15.5. The highest BCUT2D eigenvalue weighted by Crippen LogP contribution is 2.38. The zero-order valence-corrected chi connectivity index (χ0v) is 13.1. The van der Waals surface area contributed by atoms with Gasteiger partial charge in [0, 0.05) is 19.7 Å². The van der Waals surface area contributed by atoms with Crippen molar-refractivity contribution in [3.63, 3.8) is 0 Å². The molecule has 9 heteroatoms. The van der Waals surface area contributed by atoms with E-state index in [0.717, 1.165) is 10.8 Å². The molecule has 0 aliphatic heterocycles. The molecule has 0 bridgehead atoms. The summed E-state index contributed by atoms with van der Waals surface area (Å²) in [5.41, 5.74) is 1.04. The van der Waals surface area contributed by atoms with Crippen LogP contribution in [0.4, 0.5) is 5.82 Å². The van der Waals surface area contributed by atoms with Gasteiger partial charge in [0.15, 0.2) is 17.3 Å². The monoisotopic (exact) mass is 330 g/mol. The number of carboxylic acid groups (broad SMARTS) is 1. The first-order valence-electron chi connectivity index (χ1n) is 6.99. The summed E-state index contributed by atoms with van der Waals surface area (Å²) in [4.78, 5) is 26.3. The summed E-state index contributed by atoms with van der Waals surface area (Å²) in [6, 6.07) is 2.96. The number of aryl methyl sites for hydroxylation is 2. The topological polar surface area (TPSA) is 123 Å². The molecule has 0 fully saturated rings. The number of fused-ring (bicyclic) bond motifs is 1. The molecule has 0 spiro atoms. The third-order valence-corrected chi connectivity index (χ3v) is 4.16. The molecule has 0 saturated carbocycles. The number of hydrogen-bond acceptors (Lipinski definition) is 5. The minimum atomic E-state index is -1.18. The van der Waals surface area contributed by atoms with Gasteiger partial charge in [-0.05, 0) is 24.0 Å². The van der Waals surface area contributed by atoms with Crippen LogP contribution in [0.25, 0.3) is 16.6 Å². The van der Waals surface area contributed by atoms with Crippen molar-refractivity contribution in [1.82, 2.24) is 14.1 Å². The van der Waals surface area contributed by atoms with Crippen molar-refractivity contribution < 1.29 is 19.9 Å². The molecule has 0 radical (unpaired) electrons. The lowest BCUT2D eigenvalue weighted by atomic mass is 10.1. The van der Waals surface area contributed by atoms with E-state index in [1.54, 1.807) is 31.5 Å². The molecule has 2 heterocycles. The average Bonchev–Trinajstić information content (AvgIpc) is 2.99. The molecular weight excluding hydrogens is 316 g/mol. The van der Waals surface area contributed by atoms with E-state index in [2.05, 4.69) is 4.98 Å². The maximum Gasteiger partial charge on any atom is 0.348 e. The van der Waals surface area contributed by atoms with Crippen molar-refractivity contribution in [3.05, 3.63) is 45.5 Å². The summed E-state index contributed by atoms with van der Waals surface area (Å²) in [7, 11) is 1.69. The van der Waals surface area contributed by atoms with Crippen LogP contribution in [0, 0.1) is 24.0 Å². The molecule has 0 unspecified atom stereocenters. The number of phenolic OH excluding ortho intramolecular Hbond substituents is 1. The normalized spacial score (nSPS) is 11.1. The molecule has 24 heavy (non-hydrogen) atoms. The van der Waals surface area contributed by atoms with Gasteiger partial charge in [-0.15, -0.1) is 0 Å². The van der Waals surface area contributed by atoms with E-state index in [1.807, 2.05) is 0 Å². The van der Waals surface area contributed by atoms with E-state index in [0.29, 0.717) is 11.2 Å². The third kappa shape index (κ3) is 1.94. The Bertz CT molecular complexity index is 1010. The number of hydrogen-bond donors (Lipinski definition) is 2. The molecule has 0 aliphatic carbocycles. The van der Waals surface area contributed by atoms with Gasteiger partial charge in [0.1, 0.15) is 6.20 Å². The van der Waals surface area contributed by atoms with Crippen LogP contribution in [-0.2, 0) is 7.05 Å². The van der Waals surface area contributed by atoms with Gasteiger partial charge >= 0.3 is 11.8 Å². The van der Waals surface area contributed by atoms with Crippen LogP contribution in [0.2, 0.25) is 0 Å². The second kappa shape index (κ2) is 5.08. The largest absolute Gasteiger partial charge is 0.504 e. The van der Waals surface area contributed by atoms with Crippen molar-refractivity contribution in [2.45, 2.75) is 13.8 Å². The Labute approximate surface area is 135 Å². The lowest BCUT2D eigenvalue weighted by Crippen LogP contribution is -2.05. The molecule has 2 aromatic heterocycles. The van der Waals surface area contributed by atoms with Gasteiger partial charge in [0.25, 0.3) is 0 Å². The Balaban J connectivity index is 2.57. The van der Waals surface area contributed by atoms with E-state index >= 15 is 0 Å². The molecule has 0 aliphatic rings. The minimum absolute atomic E-state index is 0.0132. The first-order chi connectivity index (χ1) is 11.3. The summed E-state index contributed by atoms with van der Waals surface area (Å²) < 4.78 is 2.82. The Morgan fingerprint density at radius 3 is 2.58 bits per heavy atom. The number of aromatic hydroxyl groups is 1. The predicted octanol–water partition coefficient (Wildman–Crippen LogP) is 2.29. The minimum Gasteiger partial charge on any atom is -0.504 e. The van der Waals surface area contributed by atoms with E-state index in [-0.39, 0.29) is 34.0 Å². The van der Waals surface area contributed by atoms with E-state index in [1.165, 1.54) is 6.07 Å². The number of carboxylic acids is 1. The predicted molar refractivity (Wildman–Crippen MR) is 84.8 cm³/mol. The second-order valence-electron chi connectivity index (χ2n) is 5.41. The number of imidazole rings is 1. The van der Waals surface area contributed by atoms with Crippen LogP contribution in [0.15, 0.2) is 18.3 Å². The van der Waals surface area contributed by atoms with Gasteiger partial charge < -0.3 is 24.9 Å². The maximum atomic E-state index is 11.7. The molecule has 9 nitrogen and oxygen atoms in total. The van der Waals surface area contributed by atoms with Gasteiger partial charge in [-0.1, -0.05) is 0 Å². The van der Waals surface area contributed by atoms with E-state index in [4.69, 9.17) is 0 Å². The zero-order chi connectivity index (χ0) is 17.8. The fraction of sp³-hybridized carbons (Fsp3) is 0.200. The quantitative estimate of drug-likeness (QED) is 0.561.